The summed E-state index contributed by atoms with van der Waals surface area (Å²) in [4.78, 5) is 13.4. The van der Waals surface area contributed by atoms with Gasteiger partial charge in [-0.2, -0.15) is 0 Å². The second-order valence-electron chi connectivity index (χ2n) is 4.69. The van der Waals surface area contributed by atoms with Crippen LogP contribution in [0.5, 0.6) is 5.75 Å². The van der Waals surface area contributed by atoms with Crippen LogP contribution in [0.2, 0.25) is 0 Å². The molecule has 0 saturated heterocycles. The average Bonchev–Trinajstić information content (AvgIpc) is 2.46. The van der Waals surface area contributed by atoms with Gasteiger partial charge in [-0.15, -0.1) is 11.8 Å². The molecule has 0 aromatic heterocycles. The lowest BCUT2D eigenvalue weighted by Gasteiger charge is -2.13. The Bertz CT molecular complexity index is 564. The first-order valence-corrected chi connectivity index (χ1v) is 7.62. The van der Waals surface area contributed by atoms with Crippen molar-refractivity contribution in [1.29, 1.82) is 0 Å². The van der Waals surface area contributed by atoms with Crippen LogP contribution in [-0.2, 0) is 0 Å². The molecular weight excluding hydrogens is 268 g/mol. The fourth-order valence-electron chi connectivity index (χ4n) is 1.80. The topological polar surface area (TPSA) is 26.3 Å². The van der Waals surface area contributed by atoms with Crippen molar-refractivity contribution in [3.8, 4) is 5.75 Å². The maximum absolute atomic E-state index is 12.3. The first-order valence-electron chi connectivity index (χ1n) is 6.63. The zero-order valence-electron chi connectivity index (χ0n) is 11.7. The Morgan fingerprint density at radius 3 is 2.40 bits per heavy atom. The van der Waals surface area contributed by atoms with E-state index in [-0.39, 0.29) is 11.9 Å². The quantitative estimate of drug-likeness (QED) is 0.579. The molecule has 0 aliphatic heterocycles. The first kappa shape index (κ1) is 14.7. The number of Topliss-reactive ketones (excluding diaryl/α,β-unsaturated/α-hetero) is 1. The number of benzene rings is 2. The molecule has 2 aromatic rings. The number of carbonyl (C=O) groups excluding carboxylic acids is 1. The van der Waals surface area contributed by atoms with Crippen molar-refractivity contribution in [2.75, 3.05) is 5.75 Å². The molecule has 0 atom stereocenters. The normalized spacial score (nSPS) is 10.6. The first-order chi connectivity index (χ1) is 9.66. The van der Waals surface area contributed by atoms with E-state index in [1.807, 2.05) is 68.4 Å². The van der Waals surface area contributed by atoms with Gasteiger partial charge >= 0.3 is 0 Å². The van der Waals surface area contributed by atoms with Crippen LogP contribution in [0.1, 0.15) is 24.2 Å². The van der Waals surface area contributed by atoms with Crippen LogP contribution in [0.25, 0.3) is 0 Å². The summed E-state index contributed by atoms with van der Waals surface area (Å²) in [6.07, 6.45) is 0.0609. The number of thioether (sulfide) groups is 1. The van der Waals surface area contributed by atoms with Gasteiger partial charge in [0, 0.05) is 4.90 Å². The zero-order chi connectivity index (χ0) is 14.4. The number of carbonyl (C=O) groups is 1. The van der Waals surface area contributed by atoms with Gasteiger partial charge in [0.05, 0.1) is 17.4 Å². The van der Waals surface area contributed by atoms with Crippen molar-refractivity contribution in [1.82, 2.24) is 0 Å². The zero-order valence-corrected chi connectivity index (χ0v) is 12.5. The molecule has 0 saturated carbocycles. The molecule has 0 heterocycles. The van der Waals surface area contributed by atoms with E-state index in [1.54, 1.807) is 11.8 Å². The number of para-hydroxylation sites is 1. The predicted octanol–water partition coefficient (Wildman–Crippen LogP) is 4.45. The molecule has 20 heavy (non-hydrogen) atoms. The molecule has 0 fully saturated rings. The minimum Gasteiger partial charge on any atom is -0.490 e. The molecule has 0 radical (unpaired) electrons. The third-order valence-corrected chi connectivity index (χ3v) is 3.68. The highest BCUT2D eigenvalue weighted by atomic mass is 32.2. The molecule has 0 aliphatic carbocycles. The van der Waals surface area contributed by atoms with Crippen LogP contribution in [-0.4, -0.2) is 17.6 Å². The molecule has 2 nitrogen and oxygen atoms in total. The minimum atomic E-state index is 0.0609. The van der Waals surface area contributed by atoms with Gasteiger partial charge in [0.25, 0.3) is 0 Å². The van der Waals surface area contributed by atoms with Gasteiger partial charge in [0.15, 0.2) is 5.78 Å². The number of ketones is 1. The maximum Gasteiger partial charge on any atom is 0.176 e. The van der Waals surface area contributed by atoms with Crippen LogP contribution in [0.3, 0.4) is 0 Å². The Morgan fingerprint density at radius 2 is 1.70 bits per heavy atom. The SMILES string of the molecule is CC(C)Oc1ccccc1C(=O)CSc1ccccc1. The summed E-state index contributed by atoms with van der Waals surface area (Å²) in [6.45, 7) is 3.92. The average molecular weight is 286 g/mol. The molecule has 0 unspecified atom stereocenters. The highest BCUT2D eigenvalue weighted by molar-refractivity contribution is 8.00. The lowest BCUT2D eigenvalue weighted by molar-refractivity contribution is 0.101. The van der Waals surface area contributed by atoms with Gasteiger partial charge in [-0.1, -0.05) is 30.3 Å². The third kappa shape index (κ3) is 4.14. The van der Waals surface area contributed by atoms with E-state index < -0.39 is 0 Å². The van der Waals surface area contributed by atoms with Crippen molar-refractivity contribution < 1.29 is 9.53 Å². The van der Waals surface area contributed by atoms with Gasteiger partial charge < -0.3 is 4.74 Å². The van der Waals surface area contributed by atoms with Crippen molar-refractivity contribution in [3.63, 3.8) is 0 Å². The fourth-order valence-corrected chi connectivity index (χ4v) is 2.60. The van der Waals surface area contributed by atoms with Crippen molar-refractivity contribution >= 4 is 17.5 Å². The molecule has 0 spiro atoms. The van der Waals surface area contributed by atoms with Crippen LogP contribution in [0, 0.1) is 0 Å². The Labute approximate surface area is 124 Å². The second-order valence-corrected chi connectivity index (χ2v) is 5.74. The molecule has 0 bridgehead atoms. The predicted molar refractivity (Wildman–Crippen MR) is 83.7 cm³/mol. The highest BCUT2D eigenvalue weighted by Gasteiger charge is 2.13. The van der Waals surface area contributed by atoms with E-state index in [0.29, 0.717) is 17.1 Å². The van der Waals surface area contributed by atoms with E-state index in [2.05, 4.69) is 0 Å². The van der Waals surface area contributed by atoms with E-state index in [9.17, 15) is 4.79 Å². The molecule has 0 aliphatic rings. The maximum atomic E-state index is 12.3. The van der Waals surface area contributed by atoms with Crippen LogP contribution in [0.15, 0.2) is 59.5 Å². The van der Waals surface area contributed by atoms with Crippen molar-refractivity contribution in [2.24, 2.45) is 0 Å². The number of hydrogen-bond acceptors (Lipinski definition) is 3. The molecule has 3 heteroatoms. The van der Waals surface area contributed by atoms with Gasteiger partial charge in [0.1, 0.15) is 5.75 Å². The molecule has 104 valence electrons. The van der Waals surface area contributed by atoms with Crippen LogP contribution >= 0.6 is 11.8 Å². The van der Waals surface area contributed by atoms with E-state index >= 15 is 0 Å². The number of hydrogen-bond donors (Lipinski definition) is 0. The Morgan fingerprint density at radius 1 is 1.05 bits per heavy atom. The molecule has 2 aromatic carbocycles. The Balaban J connectivity index is 2.05. The molecule has 0 N–H and O–H groups in total. The van der Waals surface area contributed by atoms with Gasteiger partial charge in [-0.05, 0) is 38.1 Å². The highest BCUT2D eigenvalue weighted by Crippen LogP contribution is 2.24. The van der Waals surface area contributed by atoms with Crippen LogP contribution < -0.4 is 4.74 Å². The lowest BCUT2D eigenvalue weighted by Crippen LogP contribution is -2.11. The standard InChI is InChI=1S/C17H18O2S/c1-13(2)19-17-11-7-6-10-15(17)16(18)12-20-14-8-4-3-5-9-14/h3-11,13H,12H2,1-2H3. The van der Waals surface area contributed by atoms with Gasteiger partial charge in [0.2, 0.25) is 0 Å². The summed E-state index contributed by atoms with van der Waals surface area (Å²) in [7, 11) is 0. The summed E-state index contributed by atoms with van der Waals surface area (Å²) in [5, 5.41) is 0. The minimum absolute atomic E-state index is 0.0609. The van der Waals surface area contributed by atoms with E-state index in [1.165, 1.54) is 0 Å². The van der Waals surface area contributed by atoms with Crippen molar-refractivity contribution in [3.05, 3.63) is 60.2 Å². The van der Waals surface area contributed by atoms with Crippen LogP contribution in [0.4, 0.5) is 0 Å². The summed E-state index contributed by atoms with van der Waals surface area (Å²) in [6, 6.07) is 17.4. The smallest absolute Gasteiger partial charge is 0.176 e. The summed E-state index contributed by atoms with van der Waals surface area (Å²) in [5.74, 6) is 1.18. The largest absolute Gasteiger partial charge is 0.490 e. The van der Waals surface area contributed by atoms with Crippen molar-refractivity contribution in [2.45, 2.75) is 24.8 Å². The molecule has 2 rings (SSSR count). The Kier molecular flexibility index (Phi) is 5.24. The van der Waals surface area contributed by atoms with E-state index in [4.69, 9.17) is 4.74 Å². The van der Waals surface area contributed by atoms with Gasteiger partial charge in [-0.3, -0.25) is 4.79 Å². The van der Waals surface area contributed by atoms with E-state index in [0.717, 1.165) is 4.90 Å². The second kappa shape index (κ2) is 7.15. The molecule has 0 amide bonds. The number of rotatable bonds is 6. The summed E-state index contributed by atoms with van der Waals surface area (Å²) >= 11 is 1.55. The summed E-state index contributed by atoms with van der Waals surface area (Å²) in [5.41, 5.74) is 0.657. The number of ether oxygens (including phenoxy) is 1. The third-order valence-electron chi connectivity index (χ3n) is 2.66. The summed E-state index contributed by atoms with van der Waals surface area (Å²) < 4.78 is 5.69. The monoisotopic (exact) mass is 286 g/mol. The van der Waals surface area contributed by atoms with Gasteiger partial charge in [-0.25, -0.2) is 0 Å². The molecular formula is C17H18O2S. The Hall–Kier alpha value is -1.74. The fraction of sp³-hybridized carbons (Fsp3) is 0.235. The lowest BCUT2D eigenvalue weighted by atomic mass is 10.1.